The number of nitrogens with one attached hydrogen (secondary N) is 2. The summed E-state index contributed by atoms with van der Waals surface area (Å²) >= 11 is 4.06. The molecule has 14 heavy (non-hydrogen) atoms. The van der Waals surface area contributed by atoms with Gasteiger partial charge in [0.2, 0.25) is 5.91 Å². The monoisotopic (exact) mass is 218 g/mol. The fourth-order valence-electron chi connectivity index (χ4n) is 1.07. The van der Waals surface area contributed by atoms with Crippen LogP contribution in [-0.4, -0.2) is 37.1 Å². The van der Waals surface area contributed by atoms with E-state index in [2.05, 4.69) is 23.3 Å². The minimum Gasteiger partial charge on any atom is -0.354 e. The lowest BCUT2D eigenvalue weighted by molar-refractivity contribution is -0.130. The molecule has 1 unspecified atom stereocenters. The number of Topliss-reactive ketones (excluding diaryl/α,β-unsaturated/α-hetero) is 1. The molecule has 0 heterocycles. The summed E-state index contributed by atoms with van der Waals surface area (Å²) < 4.78 is 0. The van der Waals surface area contributed by atoms with E-state index in [1.165, 1.54) is 6.92 Å². The van der Waals surface area contributed by atoms with E-state index in [9.17, 15) is 9.59 Å². The molecule has 0 rings (SSSR count). The molecule has 0 fully saturated rings. The largest absolute Gasteiger partial charge is 0.354 e. The van der Waals surface area contributed by atoms with E-state index in [-0.39, 0.29) is 11.7 Å². The lowest BCUT2D eigenvalue weighted by Crippen LogP contribution is -2.47. The quantitative estimate of drug-likeness (QED) is 0.320. The van der Waals surface area contributed by atoms with Crippen molar-refractivity contribution in [1.29, 1.82) is 0 Å². The Kier molecular flexibility index (Phi) is 7.51. The smallest absolute Gasteiger partial charge is 0.244 e. The molecule has 0 saturated heterocycles. The zero-order valence-corrected chi connectivity index (χ0v) is 9.56. The van der Waals surface area contributed by atoms with Crippen LogP contribution in [0.15, 0.2) is 0 Å². The molecule has 0 aromatic carbocycles. The maximum Gasteiger partial charge on any atom is 0.244 e. The third kappa shape index (κ3) is 5.24. The number of hydrogen-bond donors (Lipinski definition) is 3. The van der Waals surface area contributed by atoms with Crippen LogP contribution in [0.25, 0.3) is 0 Å². The van der Waals surface area contributed by atoms with Crippen LogP contribution in [-0.2, 0) is 9.59 Å². The van der Waals surface area contributed by atoms with Crippen molar-refractivity contribution in [2.24, 2.45) is 0 Å². The van der Waals surface area contributed by atoms with E-state index in [0.717, 1.165) is 18.6 Å². The number of thiol groups is 1. The first-order chi connectivity index (χ1) is 6.63. The zero-order valence-electron chi connectivity index (χ0n) is 8.67. The minimum absolute atomic E-state index is 0.167. The Morgan fingerprint density at radius 1 is 1.36 bits per heavy atom. The molecule has 5 heteroatoms. The molecule has 2 N–H and O–H groups in total. The molecule has 0 saturated carbocycles. The summed E-state index contributed by atoms with van der Waals surface area (Å²) in [4.78, 5) is 22.3. The van der Waals surface area contributed by atoms with E-state index < -0.39 is 6.04 Å². The lowest BCUT2D eigenvalue weighted by Gasteiger charge is -2.12. The second kappa shape index (κ2) is 7.82. The molecule has 0 aliphatic carbocycles. The van der Waals surface area contributed by atoms with Crippen LogP contribution >= 0.6 is 12.6 Å². The molecule has 0 spiro atoms. The molecule has 0 bridgehead atoms. The summed E-state index contributed by atoms with van der Waals surface area (Å²) in [6.45, 7) is 2.00. The second-order valence-corrected chi connectivity index (χ2v) is 3.50. The number of likely N-dealkylation sites (N-methyl/N-ethyl adjacent to an activating group) is 1. The van der Waals surface area contributed by atoms with Crippen molar-refractivity contribution in [2.75, 3.05) is 19.3 Å². The van der Waals surface area contributed by atoms with Crippen molar-refractivity contribution < 1.29 is 9.59 Å². The summed E-state index contributed by atoms with van der Waals surface area (Å²) in [5.41, 5.74) is 0. The number of unbranched alkanes of at least 4 members (excludes halogenated alkanes) is 1. The summed E-state index contributed by atoms with van der Waals surface area (Å²) in [5, 5.41) is 5.36. The molecule has 82 valence electrons. The van der Waals surface area contributed by atoms with Gasteiger partial charge in [0.25, 0.3) is 0 Å². The standard InChI is InChI=1S/C9H18N2O2S/c1-7(12)8(10-2)9(13)11-5-3-4-6-14/h8,10,14H,3-6H2,1-2H3,(H,11,13). The molecule has 1 atom stereocenters. The van der Waals surface area contributed by atoms with Crippen molar-refractivity contribution in [1.82, 2.24) is 10.6 Å². The molecule has 1 amide bonds. The van der Waals surface area contributed by atoms with E-state index in [4.69, 9.17) is 0 Å². The van der Waals surface area contributed by atoms with E-state index in [1.54, 1.807) is 7.05 Å². The van der Waals surface area contributed by atoms with Crippen molar-refractivity contribution in [3.05, 3.63) is 0 Å². The Hall–Kier alpha value is -0.550. The van der Waals surface area contributed by atoms with Crippen molar-refractivity contribution in [3.8, 4) is 0 Å². The van der Waals surface area contributed by atoms with Gasteiger partial charge in [-0.05, 0) is 32.6 Å². The van der Waals surface area contributed by atoms with Crippen LogP contribution in [0.2, 0.25) is 0 Å². The summed E-state index contributed by atoms with van der Waals surface area (Å²) in [5.74, 6) is 0.399. The third-order valence-corrected chi connectivity index (χ3v) is 2.16. The fraction of sp³-hybridized carbons (Fsp3) is 0.778. The van der Waals surface area contributed by atoms with E-state index >= 15 is 0 Å². The van der Waals surface area contributed by atoms with Crippen LogP contribution in [0.1, 0.15) is 19.8 Å². The third-order valence-electron chi connectivity index (χ3n) is 1.84. The molecule has 0 aliphatic heterocycles. The molecular weight excluding hydrogens is 200 g/mol. The minimum atomic E-state index is -0.717. The summed E-state index contributed by atoms with van der Waals surface area (Å²) in [7, 11) is 1.60. The van der Waals surface area contributed by atoms with Gasteiger partial charge in [0.1, 0.15) is 6.04 Å². The van der Waals surface area contributed by atoms with Crippen molar-refractivity contribution in [3.63, 3.8) is 0 Å². The summed E-state index contributed by atoms with van der Waals surface area (Å²) in [6, 6.07) is -0.717. The first kappa shape index (κ1) is 13.4. The maximum absolute atomic E-state index is 11.4. The second-order valence-electron chi connectivity index (χ2n) is 3.05. The number of carbonyl (C=O) groups excluding carboxylic acids is 2. The lowest BCUT2D eigenvalue weighted by atomic mass is 10.2. The Balaban J connectivity index is 3.76. The number of amides is 1. The average Bonchev–Trinajstić information content (AvgIpc) is 2.13. The Morgan fingerprint density at radius 2 is 2.00 bits per heavy atom. The fourth-order valence-corrected chi connectivity index (χ4v) is 1.29. The maximum atomic E-state index is 11.4. The molecule has 0 radical (unpaired) electrons. The van der Waals surface area contributed by atoms with Gasteiger partial charge in [-0.1, -0.05) is 0 Å². The highest BCUT2D eigenvalue weighted by Crippen LogP contribution is 1.90. The van der Waals surface area contributed by atoms with Gasteiger partial charge < -0.3 is 10.6 Å². The van der Waals surface area contributed by atoms with Gasteiger partial charge in [0.05, 0.1) is 0 Å². The highest BCUT2D eigenvalue weighted by atomic mass is 32.1. The van der Waals surface area contributed by atoms with Gasteiger partial charge in [-0.3, -0.25) is 9.59 Å². The van der Waals surface area contributed by atoms with Crippen LogP contribution in [0, 0.1) is 0 Å². The highest BCUT2D eigenvalue weighted by Gasteiger charge is 2.19. The van der Waals surface area contributed by atoms with Gasteiger partial charge in [-0.15, -0.1) is 0 Å². The SMILES string of the molecule is CNC(C(C)=O)C(=O)NCCCCS. The van der Waals surface area contributed by atoms with E-state index in [0.29, 0.717) is 6.54 Å². The Bertz CT molecular complexity index is 197. The van der Waals surface area contributed by atoms with Gasteiger partial charge >= 0.3 is 0 Å². The average molecular weight is 218 g/mol. The topological polar surface area (TPSA) is 58.2 Å². The van der Waals surface area contributed by atoms with Crippen LogP contribution in [0.4, 0.5) is 0 Å². The highest BCUT2D eigenvalue weighted by molar-refractivity contribution is 7.80. The van der Waals surface area contributed by atoms with Gasteiger partial charge in [0.15, 0.2) is 5.78 Å². The first-order valence-electron chi connectivity index (χ1n) is 4.69. The van der Waals surface area contributed by atoms with Crippen LogP contribution in [0.3, 0.4) is 0 Å². The van der Waals surface area contributed by atoms with E-state index in [1.807, 2.05) is 0 Å². The van der Waals surface area contributed by atoms with Gasteiger partial charge in [-0.25, -0.2) is 0 Å². The molecular formula is C9H18N2O2S. The molecule has 0 aromatic heterocycles. The molecule has 0 aliphatic rings. The summed E-state index contributed by atoms with van der Waals surface area (Å²) in [6.07, 6.45) is 1.86. The number of carbonyl (C=O) groups is 2. The number of rotatable bonds is 7. The predicted molar refractivity (Wildman–Crippen MR) is 59.6 cm³/mol. The van der Waals surface area contributed by atoms with Crippen LogP contribution in [0.5, 0.6) is 0 Å². The Labute approximate surface area is 90.2 Å². The van der Waals surface area contributed by atoms with Crippen LogP contribution < -0.4 is 10.6 Å². The Morgan fingerprint density at radius 3 is 2.43 bits per heavy atom. The molecule has 0 aromatic rings. The number of ketones is 1. The molecule has 4 nitrogen and oxygen atoms in total. The zero-order chi connectivity index (χ0) is 11.0. The first-order valence-corrected chi connectivity index (χ1v) is 5.33. The van der Waals surface area contributed by atoms with Crippen molar-refractivity contribution >= 4 is 24.3 Å². The normalized spacial score (nSPS) is 12.2. The van der Waals surface area contributed by atoms with Gasteiger partial charge in [0, 0.05) is 6.54 Å². The van der Waals surface area contributed by atoms with Crippen molar-refractivity contribution in [2.45, 2.75) is 25.8 Å². The predicted octanol–water partition coefficient (Wildman–Crippen LogP) is -0.0104. The number of hydrogen-bond acceptors (Lipinski definition) is 4. The van der Waals surface area contributed by atoms with Gasteiger partial charge in [-0.2, -0.15) is 12.6 Å².